The normalized spacial score (nSPS) is 15.0. The number of nitrogens with zero attached hydrogens (tertiary/aromatic N) is 3. The fourth-order valence-corrected chi connectivity index (χ4v) is 4.15. The number of piperidine rings is 1. The number of hydrogen-bond acceptors (Lipinski definition) is 3. The van der Waals surface area contributed by atoms with Gasteiger partial charge < -0.3 is 9.47 Å². The zero-order valence-electron chi connectivity index (χ0n) is 18.0. The largest absolute Gasteiger partial charge is 0.416 e. The molecule has 0 aliphatic carbocycles. The molecule has 1 N–H and O–H groups in total. The standard InChI is InChI=1S/C24H23F3N4O2/c1-3-21(32)30-11-9-18(10-12-30)31-20-8-7-15(2)13-19(20)28-23(31)29-22(33)16-5-4-6-17(14-16)24(25,26)27/h3-8,13-14,18H,1,9-12H2,2H3,(H,28,29,33). The molecule has 1 aliphatic heterocycles. The summed E-state index contributed by atoms with van der Waals surface area (Å²) in [6.45, 7) is 6.52. The number of hydrogen-bond donors (Lipinski definition) is 1. The molecule has 4 rings (SSSR count). The Labute approximate surface area is 188 Å². The molecule has 1 saturated heterocycles. The van der Waals surface area contributed by atoms with Gasteiger partial charge in [0.1, 0.15) is 0 Å². The maximum absolute atomic E-state index is 13.1. The van der Waals surface area contributed by atoms with E-state index in [4.69, 9.17) is 0 Å². The number of aromatic nitrogens is 2. The van der Waals surface area contributed by atoms with E-state index in [1.54, 1.807) is 4.90 Å². The van der Waals surface area contributed by atoms with Gasteiger partial charge >= 0.3 is 6.18 Å². The Hall–Kier alpha value is -3.62. The number of anilines is 1. The number of likely N-dealkylation sites (tertiary alicyclic amines) is 1. The highest BCUT2D eigenvalue weighted by Crippen LogP contribution is 2.33. The van der Waals surface area contributed by atoms with Gasteiger partial charge in [-0.25, -0.2) is 4.98 Å². The minimum atomic E-state index is -4.54. The number of alkyl halides is 3. The van der Waals surface area contributed by atoms with Crippen LogP contribution < -0.4 is 5.32 Å². The van der Waals surface area contributed by atoms with E-state index in [0.29, 0.717) is 31.4 Å². The average Bonchev–Trinajstić information content (AvgIpc) is 3.14. The summed E-state index contributed by atoms with van der Waals surface area (Å²) >= 11 is 0. The van der Waals surface area contributed by atoms with Crippen LogP contribution in [0.2, 0.25) is 0 Å². The van der Waals surface area contributed by atoms with Crippen molar-refractivity contribution in [2.75, 3.05) is 18.4 Å². The molecular formula is C24H23F3N4O2. The topological polar surface area (TPSA) is 67.2 Å². The fraction of sp³-hybridized carbons (Fsp3) is 0.292. The van der Waals surface area contributed by atoms with Crippen LogP contribution in [-0.2, 0) is 11.0 Å². The molecule has 2 amide bonds. The Morgan fingerprint density at radius 2 is 1.88 bits per heavy atom. The number of fused-ring (bicyclic) bond motifs is 1. The lowest BCUT2D eigenvalue weighted by atomic mass is 10.0. The number of aryl methyl sites for hydroxylation is 1. The minimum absolute atomic E-state index is 0.0385. The monoisotopic (exact) mass is 456 g/mol. The van der Waals surface area contributed by atoms with Crippen LogP contribution >= 0.6 is 0 Å². The molecule has 3 aromatic rings. The van der Waals surface area contributed by atoms with Gasteiger partial charge in [0, 0.05) is 24.7 Å². The molecule has 9 heteroatoms. The molecule has 33 heavy (non-hydrogen) atoms. The Morgan fingerprint density at radius 3 is 2.55 bits per heavy atom. The summed E-state index contributed by atoms with van der Waals surface area (Å²) in [5.41, 5.74) is 1.49. The molecule has 0 radical (unpaired) electrons. The number of amides is 2. The number of rotatable bonds is 4. The third-order valence-electron chi connectivity index (χ3n) is 5.84. The zero-order valence-corrected chi connectivity index (χ0v) is 18.0. The molecule has 0 unspecified atom stereocenters. The van der Waals surface area contributed by atoms with Crippen molar-refractivity contribution in [3.05, 3.63) is 71.8 Å². The van der Waals surface area contributed by atoms with Crippen LogP contribution in [0.15, 0.2) is 55.1 Å². The van der Waals surface area contributed by atoms with Crippen molar-refractivity contribution in [2.45, 2.75) is 32.0 Å². The van der Waals surface area contributed by atoms with Crippen molar-refractivity contribution in [1.29, 1.82) is 0 Å². The van der Waals surface area contributed by atoms with Crippen LogP contribution in [-0.4, -0.2) is 39.4 Å². The first-order chi connectivity index (χ1) is 15.7. The summed E-state index contributed by atoms with van der Waals surface area (Å²) in [5, 5.41) is 2.71. The van der Waals surface area contributed by atoms with E-state index in [9.17, 15) is 22.8 Å². The number of halogens is 3. The Kier molecular flexibility index (Phi) is 5.97. The predicted octanol–water partition coefficient (Wildman–Crippen LogP) is 4.97. The molecule has 2 heterocycles. The summed E-state index contributed by atoms with van der Waals surface area (Å²) in [4.78, 5) is 31.1. The second-order valence-corrected chi connectivity index (χ2v) is 8.09. The molecule has 0 spiro atoms. The molecule has 0 atom stereocenters. The van der Waals surface area contributed by atoms with Gasteiger partial charge in [-0.2, -0.15) is 13.2 Å². The van der Waals surface area contributed by atoms with Gasteiger partial charge in [0.15, 0.2) is 0 Å². The Morgan fingerprint density at radius 1 is 1.15 bits per heavy atom. The summed E-state index contributed by atoms with van der Waals surface area (Å²) in [6, 6.07) is 10.00. The van der Waals surface area contributed by atoms with Gasteiger partial charge in [-0.1, -0.05) is 18.7 Å². The van der Waals surface area contributed by atoms with Crippen LogP contribution in [0, 0.1) is 6.92 Å². The van der Waals surface area contributed by atoms with E-state index in [1.165, 1.54) is 18.2 Å². The first kappa shape index (κ1) is 22.6. The van der Waals surface area contributed by atoms with Crippen molar-refractivity contribution in [2.24, 2.45) is 0 Å². The van der Waals surface area contributed by atoms with Crippen LogP contribution in [0.1, 0.15) is 40.4 Å². The molecule has 6 nitrogen and oxygen atoms in total. The molecule has 2 aromatic carbocycles. The van der Waals surface area contributed by atoms with E-state index in [2.05, 4.69) is 16.9 Å². The van der Waals surface area contributed by atoms with Gasteiger partial charge in [-0.05, 0) is 61.7 Å². The molecular weight excluding hydrogens is 433 g/mol. The second kappa shape index (κ2) is 8.73. The van der Waals surface area contributed by atoms with Crippen molar-refractivity contribution in [3.63, 3.8) is 0 Å². The molecule has 1 aromatic heterocycles. The molecule has 0 saturated carbocycles. The number of carbonyl (C=O) groups is 2. The lowest BCUT2D eigenvalue weighted by Gasteiger charge is -2.33. The van der Waals surface area contributed by atoms with Crippen molar-refractivity contribution in [1.82, 2.24) is 14.5 Å². The smallest absolute Gasteiger partial charge is 0.339 e. The predicted molar refractivity (Wildman–Crippen MR) is 119 cm³/mol. The number of carbonyl (C=O) groups excluding carboxylic acids is 2. The maximum Gasteiger partial charge on any atom is 0.416 e. The second-order valence-electron chi connectivity index (χ2n) is 8.09. The van der Waals surface area contributed by atoms with Crippen LogP contribution in [0.3, 0.4) is 0 Å². The molecule has 1 fully saturated rings. The highest BCUT2D eigenvalue weighted by Gasteiger charge is 2.31. The van der Waals surface area contributed by atoms with E-state index < -0.39 is 17.6 Å². The summed E-state index contributed by atoms with van der Waals surface area (Å²) in [6.07, 6.45) is -1.97. The van der Waals surface area contributed by atoms with Crippen molar-refractivity contribution in [3.8, 4) is 0 Å². The summed E-state index contributed by atoms with van der Waals surface area (Å²) in [7, 11) is 0. The van der Waals surface area contributed by atoms with Crippen molar-refractivity contribution >= 4 is 28.8 Å². The molecule has 0 bridgehead atoms. The minimum Gasteiger partial charge on any atom is -0.339 e. The SMILES string of the molecule is C=CC(=O)N1CCC(n2c(NC(=O)c3cccc(C(F)(F)F)c3)nc3cc(C)ccc32)CC1. The zero-order chi connectivity index (χ0) is 23.8. The van der Waals surface area contributed by atoms with Crippen LogP contribution in [0.5, 0.6) is 0 Å². The van der Waals surface area contributed by atoms with E-state index in [0.717, 1.165) is 23.2 Å². The Balaban J connectivity index is 1.66. The highest BCUT2D eigenvalue weighted by molar-refractivity contribution is 6.04. The van der Waals surface area contributed by atoms with Gasteiger partial charge in [-0.15, -0.1) is 0 Å². The van der Waals surface area contributed by atoms with E-state index in [1.807, 2.05) is 29.7 Å². The van der Waals surface area contributed by atoms with Gasteiger partial charge in [0.2, 0.25) is 11.9 Å². The van der Waals surface area contributed by atoms with Gasteiger partial charge in [-0.3, -0.25) is 14.9 Å². The summed E-state index contributed by atoms with van der Waals surface area (Å²) in [5.74, 6) is -0.530. The third-order valence-corrected chi connectivity index (χ3v) is 5.84. The summed E-state index contributed by atoms with van der Waals surface area (Å²) < 4.78 is 41.1. The number of nitrogens with one attached hydrogen (secondary N) is 1. The Bertz CT molecular complexity index is 1220. The van der Waals surface area contributed by atoms with E-state index >= 15 is 0 Å². The third kappa shape index (κ3) is 4.62. The van der Waals surface area contributed by atoms with Crippen LogP contribution in [0.25, 0.3) is 11.0 Å². The van der Waals surface area contributed by atoms with Crippen LogP contribution in [0.4, 0.5) is 19.1 Å². The highest BCUT2D eigenvalue weighted by atomic mass is 19.4. The first-order valence-corrected chi connectivity index (χ1v) is 10.6. The van der Waals surface area contributed by atoms with E-state index in [-0.39, 0.29) is 23.5 Å². The van der Waals surface area contributed by atoms with Crippen molar-refractivity contribution < 1.29 is 22.8 Å². The number of imidazole rings is 1. The average molecular weight is 456 g/mol. The first-order valence-electron chi connectivity index (χ1n) is 10.6. The molecule has 172 valence electrons. The van der Waals surface area contributed by atoms with Gasteiger partial charge in [0.25, 0.3) is 5.91 Å². The van der Waals surface area contributed by atoms with Gasteiger partial charge in [0.05, 0.1) is 16.6 Å². The molecule has 1 aliphatic rings. The fourth-order valence-electron chi connectivity index (χ4n) is 4.15. The quantitative estimate of drug-likeness (QED) is 0.564. The lowest BCUT2D eigenvalue weighted by Crippen LogP contribution is -2.38. The lowest BCUT2D eigenvalue weighted by molar-refractivity contribution is -0.137. The maximum atomic E-state index is 13.1. The number of benzene rings is 2.